The Balaban J connectivity index is 2.07. The van der Waals surface area contributed by atoms with Crippen molar-refractivity contribution < 1.29 is 4.79 Å². The number of rotatable bonds is 8. The van der Waals surface area contributed by atoms with Crippen molar-refractivity contribution in [1.29, 1.82) is 0 Å². The van der Waals surface area contributed by atoms with E-state index in [-0.39, 0.29) is 5.91 Å². The summed E-state index contributed by atoms with van der Waals surface area (Å²) in [4.78, 5) is 19.0. The van der Waals surface area contributed by atoms with Gasteiger partial charge in [-0.05, 0) is 37.0 Å². The summed E-state index contributed by atoms with van der Waals surface area (Å²) in [5.74, 6) is -0.0828. The highest BCUT2D eigenvalue weighted by Gasteiger charge is 2.11. The van der Waals surface area contributed by atoms with Crippen LogP contribution in [0.5, 0.6) is 0 Å². The van der Waals surface area contributed by atoms with Crippen molar-refractivity contribution in [2.75, 3.05) is 18.0 Å². The molecule has 0 aliphatic heterocycles. The fourth-order valence-electron chi connectivity index (χ4n) is 2.72. The third-order valence-electron chi connectivity index (χ3n) is 4.04. The minimum absolute atomic E-state index is 0.0828. The third kappa shape index (κ3) is 4.82. The minimum atomic E-state index is -0.0828. The summed E-state index contributed by atoms with van der Waals surface area (Å²) in [5, 5.41) is 2.99. The van der Waals surface area contributed by atoms with E-state index in [0.29, 0.717) is 12.1 Å². The van der Waals surface area contributed by atoms with Gasteiger partial charge in [0.05, 0.1) is 17.4 Å². The quantitative estimate of drug-likeness (QED) is 0.799. The Morgan fingerprint density at radius 1 is 1.12 bits per heavy atom. The third-order valence-corrected chi connectivity index (χ3v) is 4.04. The molecule has 0 radical (unpaired) electrons. The zero-order valence-corrected chi connectivity index (χ0v) is 14.9. The maximum absolute atomic E-state index is 12.5. The molecule has 4 heteroatoms. The fourth-order valence-corrected chi connectivity index (χ4v) is 2.72. The first-order chi connectivity index (χ1) is 11.7. The summed E-state index contributed by atoms with van der Waals surface area (Å²) >= 11 is 0. The van der Waals surface area contributed by atoms with Gasteiger partial charge >= 0.3 is 0 Å². The molecule has 2 aromatic rings. The Morgan fingerprint density at radius 3 is 2.50 bits per heavy atom. The highest BCUT2D eigenvalue weighted by atomic mass is 16.1. The van der Waals surface area contributed by atoms with Crippen molar-refractivity contribution in [2.45, 2.75) is 40.2 Å². The van der Waals surface area contributed by atoms with Crippen LogP contribution >= 0.6 is 0 Å². The van der Waals surface area contributed by atoms with Gasteiger partial charge in [-0.2, -0.15) is 0 Å². The molecule has 0 aliphatic rings. The van der Waals surface area contributed by atoms with Crippen molar-refractivity contribution >= 4 is 11.6 Å². The molecule has 128 valence electrons. The lowest BCUT2D eigenvalue weighted by Gasteiger charge is -2.23. The monoisotopic (exact) mass is 325 g/mol. The fraction of sp³-hybridized carbons (Fsp3) is 0.400. The van der Waals surface area contributed by atoms with E-state index in [1.165, 1.54) is 5.56 Å². The van der Waals surface area contributed by atoms with Crippen molar-refractivity contribution in [1.82, 2.24) is 10.3 Å². The molecule has 0 atom stereocenters. The molecule has 0 bridgehead atoms. The normalized spacial score (nSPS) is 10.5. The van der Waals surface area contributed by atoms with Crippen LogP contribution in [-0.2, 0) is 6.54 Å². The predicted molar refractivity (Wildman–Crippen MR) is 99.4 cm³/mol. The van der Waals surface area contributed by atoms with Gasteiger partial charge in [0.15, 0.2) is 0 Å². The van der Waals surface area contributed by atoms with Crippen molar-refractivity contribution in [3.05, 3.63) is 59.4 Å². The number of hydrogen-bond donors (Lipinski definition) is 1. The topological polar surface area (TPSA) is 45.2 Å². The van der Waals surface area contributed by atoms with E-state index >= 15 is 0 Å². The zero-order chi connectivity index (χ0) is 17.4. The standard InChI is InChI=1S/C20H27N3O/c1-4-10-23(11-5-2)19-12-18(13-21-15-19)20(24)22-14-17-9-7-6-8-16(17)3/h6-9,12-13,15H,4-5,10-11,14H2,1-3H3,(H,22,24). The van der Waals surface area contributed by atoms with Gasteiger partial charge in [0.1, 0.15) is 0 Å². The summed E-state index contributed by atoms with van der Waals surface area (Å²) < 4.78 is 0. The first-order valence-corrected chi connectivity index (χ1v) is 8.68. The number of aryl methyl sites for hydroxylation is 1. The lowest BCUT2D eigenvalue weighted by molar-refractivity contribution is 0.0950. The van der Waals surface area contributed by atoms with Gasteiger partial charge in [-0.15, -0.1) is 0 Å². The summed E-state index contributed by atoms with van der Waals surface area (Å²) in [6, 6.07) is 10.0. The summed E-state index contributed by atoms with van der Waals surface area (Å²) in [5.41, 5.74) is 3.94. The highest BCUT2D eigenvalue weighted by Crippen LogP contribution is 2.16. The number of aromatic nitrogens is 1. The molecule has 4 nitrogen and oxygen atoms in total. The van der Waals surface area contributed by atoms with Crippen LogP contribution in [0.3, 0.4) is 0 Å². The van der Waals surface area contributed by atoms with Crippen molar-refractivity contribution in [3.8, 4) is 0 Å². The highest BCUT2D eigenvalue weighted by molar-refractivity contribution is 5.94. The van der Waals surface area contributed by atoms with Gasteiger partial charge in [0.2, 0.25) is 0 Å². The molecule has 1 N–H and O–H groups in total. The summed E-state index contributed by atoms with van der Waals surface area (Å²) in [7, 11) is 0. The average molecular weight is 325 g/mol. The van der Waals surface area contributed by atoms with E-state index < -0.39 is 0 Å². The lowest BCUT2D eigenvalue weighted by Crippen LogP contribution is -2.27. The molecule has 0 aliphatic carbocycles. The Bertz CT molecular complexity index is 663. The first kappa shape index (κ1) is 18.0. The number of pyridine rings is 1. The van der Waals surface area contributed by atoms with Crippen LogP contribution in [0.25, 0.3) is 0 Å². The van der Waals surface area contributed by atoms with Crippen molar-refractivity contribution in [3.63, 3.8) is 0 Å². The molecule has 0 fully saturated rings. The van der Waals surface area contributed by atoms with Crippen LogP contribution in [0.15, 0.2) is 42.7 Å². The van der Waals surface area contributed by atoms with E-state index in [1.54, 1.807) is 6.20 Å². The molecule has 2 rings (SSSR count). The summed E-state index contributed by atoms with van der Waals surface area (Å²) in [6.45, 7) is 8.86. The molecule has 1 aromatic carbocycles. The van der Waals surface area contributed by atoms with Gasteiger partial charge in [0.25, 0.3) is 5.91 Å². The minimum Gasteiger partial charge on any atom is -0.370 e. The maximum Gasteiger partial charge on any atom is 0.253 e. The van der Waals surface area contributed by atoms with E-state index in [2.05, 4.69) is 42.0 Å². The van der Waals surface area contributed by atoms with E-state index in [9.17, 15) is 4.79 Å². The van der Waals surface area contributed by atoms with Crippen LogP contribution in [0.1, 0.15) is 48.2 Å². The van der Waals surface area contributed by atoms with Gasteiger partial charge in [0, 0.05) is 25.8 Å². The van der Waals surface area contributed by atoms with Gasteiger partial charge in [-0.25, -0.2) is 0 Å². The molecule has 0 saturated carbocycles. The number of amides is 1. The molecule has 1 amide bonds. The Labute approximate surface area is 144 Å². The van der Waals surface area contributed by atoms with E-state index in [1.807, 2.05) is 30.5 Å². The number of benzene rings is 1. The van der Waals surface area contributed by atoms with E-state index in [0.717, 1.165) is 37.2 Å². The lowest BCUT2D eigenvalue weighted by atomic mass is 10.1. The molecule has 1 heterocycles. The number of anilines is 1. The number of carbonyl (C=O) groups is 1. The van der Waals surface area contributed by atoms with Crippen molar-refractivity contribution in [2.24, 2.45) is 0 Å². The molecular formula is C20H27N3O. The summed E-state index contributed by atoms with van der Waals surface area (Å²) in [6.07, 6.45) is 5.61. The van der Waals surface area contributed by atoms with Crippen LogP contribution in [0.2, 0.25) is 0 Å². The number of nitrogens with one attached hydrogen (secondary N) is 1. The maximum atomic E-state index is 12.5. The number of hydrogen-bond acceptors (Lipinski definition) is 3. The Hall–Kier alpha value is -2.36. The molecular weight excluding hydrogens is 298 g/mol. The van der Waals surface area contributed by atoms with Crippen LogP contribution in [0, 0.1) is 6.92 Å². The molecule has 0 spiro atoms. The largest absolute Gasteiger partial charge is 0.370 e. The second-order valence-electron chi connectivity index (χ2n) is 6.03. The second kappa shape index (κ2) is 9.06. The predicted octanol–water partition coefficient (Wildman–Crippen LogP) is 3.95. The van der Waals surface area contributed by atoms with E-state index in [4.69, 9.17) is 0 Å². The number of carbonyl (C=O) groups excluding carboxylic acids is 1. The number of nitrogens with zero attached hydrogens (tertiary/aromatic N) is 2. The van der Waals surface area contributed by atoms with Crippen LogP contribution in [-0.4, -0.2) is 24.0 Å². The van der Waals surface area contributed by atoms with Crippen LogP contribution in [0.4, 0.5) is 5.69 Å². The molecule has 1 aromatic heterocycles. The molecule has 24 heavy (non-hydrogen) atoms. The Kier molecular flexibility index (Phi) is 6.79. The SMILES string of the molecule is CCCN(CCC)c1cncc(C(=O)NCc2ccccc2C)c1. The van der Waals surface area contributed by atoms with Gasteiger partial charge in [-0.3, -0.25) is 9.78 Å². The Morgan fingerprint density at radius 2 is 1.83 bits per heavy atom. The average Bonchev–Trinajstić information content (AvgIpc) is 2.61. The smallest absolute Gasteiger partial charge is 0.253 e. The van der Waals surface area contributed by atoms with Gasteiger partial charge < -0.3 is 10.2 Å². The van der Waals surface area contributed by atoms with Gasteiger partial charge in [-0.1, -0.05) is 38.1 Å². The second-order valence-corrected chi connectivity index (χ2v) is 6.03. The zero-order valence-electron chi connectivity index (χ0n) is 14.9. The molecule has 0 unspecified atom stereocenters. The molecule has 0 saturated heterocycles. The first-order valence-electron chi connectivity index (χ1n) is 8.68. The van der Waals surface area contributed by atoms with Crippen LogP contribution < -0.4 is 10.2 Å².